The zero-order valence-corrected chi connectivity index (χ0v) is 20.5. The summed E-state index contributed by atoms with van der Waals surface area (Å²) >= 11 is 11.6. The van der Waals surface area contributed by atoms with Gasteiger partial charge >= 0.3 is 0 Å². The van der Waals surface area contributed by atoms with Gasteiger partial charge in [0.1, 0.15) is 0 Å². The second kappa shape index (κ2) is 14.3. The number of unbranched alkanes of at least 4 members (excludes halogenated alkanes) is 3. The van der Waals surface area contributed by atoms with Crippen LogP contribution >= 0.6 is 23.8 Å². The molecule has 1 aromatic rings. The van der Waals surface area contributed by atoms with Crippen molar-refractivity contribution in [2.45, 2.75) is 71.8 Å². The van der Waals surface area contributed by atoms with Gasteiger partial charge in [-0.15, -0.1) is 0 Å². The first-order valence-electron chi connectivity index (χ1n) is 11.0. The minimum Gasteiger partial charge on any atom is -0.399 e. The molecule has 0 amide bonds. The van der Waals surface area contributed by atoms with Gasteiger partial charge in [0, 0.05) is 24.5 Å². The summed E-state index contributed by atoms with van der Waals surface area (Å²) in [7, 11) is 0. The van der Waals surface area contributed by atoms with Crippen LogP contribution in [0.25, 0.3) is 0 Å². The zero-order chi connectivity index (χ0) is 22.5. The molecule has 1 atom stereocenters. The van der Waals surface area contributed by atoms with Gasteiger partial charge in [-0.05, 0) is 56.6 Å². The lowest BCUT2D eigenvalue weighted by Crippen LogP contribution is -2.42. The number of likely N-dealkylation sites (tertiary alicyclic amines) is 1. The van der Waals surface area contributed by atoms with E-state index in [9.17, 15) is 0 Å². The fourth-order valence-corrected chi connectivity index (χ4v) is 3.78. The number of halogens is 1. The van der Waals surface area contributed by atoms with Crippen molar-refractivity contribution in [3.63, 3.8) is 0 Å². The highest BCUT2D eigenvalue weighted by molar-refractivity contribution is 7.80. The Balaban J connectivity index is 0.000000656. The van der Waals surface area contributed by atoms with E-state index >= 15 is 0 Å². The Morgan fingerprint density at radius 2 is 1.93 bits per heavy atom. The Bertz CT molecular complexity index is 700. The van der Waals surface area contributed by atoms with Crippen molar-refractivity contribution in [3.8, 4) is 0 Å². The van der Waals surface area contributed by atoms with E-state index in [-0.39, 0.29) is 6.04 Å². The molecule has 2 rings (SSSR count). The van der Waals surface area contributed by atoms with Gasteiger partial charge in [-0.3, -0.25) is 0 Å². The maximum atomic E-state index is 6.19. The van der Waals surface area contributed by atoms with E-state index in [2.05, 4.69) is 42.5 Å². The number of rotatable bonds is 7. The van der Waals surface area contributed by atoms with Crippen LogP contribution in [-0.4, -0.2) is 29.1 Å². The molecule has 30 heavy (non-hydrogen) atoms. The lowest BCUT2D eigenvalue weighted by molar-refractivity contribution is 0.361. The van der Waals surface area contributed by atoms with Crippen molar-refractivity contribution in [2.24, 2.45) is 0 Å². The fourth-order valence-electron chi connectivity index (χ4n) is 3.29. The van der Waals surface area contributed by atoms with Crippen LogP contribution in [0.4, 0.5) is 11.4 Å². The van der Waals surface area contributed by atoms with E-state index in [0.717, 1.165) is 49.3 Å². The molecule has 1 fully saturated rings. The number of hydrogen-bond acceptors (Lipinski definition) is 3. The summed E-state index contributed by atoms with van der Waals surface area (Å²) in [6.07, 6.45) is 8.82. The van der Waals surface area contributed by atoms with E-state index < -0.39 is 0 Å². The molecule has 0 saturated carbocycles. The fraction of sp³-hybridized carbons (Fsp3) is 0.542. The minimum atomic E-state index is 0.111. The second-order valence-corrected chi connectivity index (χ2v) is 8.78. The van der Waals surface area contributed by atoms with E-state index in [4.69, 9.17) is 29.6 Å². The molecular formula is C24H39ClN4S. The van der Waals surface area contributed by atoms with Crippen molar-refractivity contribution in [1.29, 1.82) is 0 Å². The van der Waals surface area contributed by atoms with Crippen LogP contribution in [0.5, 0.6) is 0 Å². The van der Waals surface area contributed by atoms with Gasteiger partial charge < -0.3 is 21.3 Å². The summed E-state index contributed by atoms with van der Waals surface area (Å²) < 4.78 is 0. The lowest BCUT2D eigenvalue weighted by Gasteiger charge is -2.30. The predicted molar refractivity (Wildman–Crippen MR) is 138 cm³/mol. The first kappa shape index (κ1) is 26.3. The number of nitrogens with zero attached hydrogens (tertiary/aromatic N) is 1. The van der Waals surface area contributed by atoms with Gasteiger partial charge in [-0.1, -0.05) is 69.9 Å². The Hall–Kier alpha value is -1.72. The molecule has 1 saturated heterocycles. The molecular weight excluding hydrogens is 412 g/mol. The van der Waals surface area contributed by atoms with E-state index in [1.54, 1.807) is 12.1 Å². The minimum absolute atomic E-state index is 0.111. The molecule has 1 aliphatic rings. The third kappa shape index (κ3) is 9.86. The SMILES string of the molecule is C=C(C)CN1CCCC[C@H](NC(=S)Nc2ccc(N)cc2Cl)C1=C.CCCCCC. The van der Waals surface area contributed by atoms with Gasteiger partial charge in [0.05, 0.1) is 16.8 Å². The molecule has 1 heterocycles. The average Bonchev–Trinajstić information content (AvgIpc) is 2.85. The molecule has 0 spiro atoms. The van der Waals surface area contributed by atoms with Crippen LogP contribution in [0.15, 0.2) is 42.6 Å². The standard InChI is InChI=1S/C18H25ClN4S.C6H14/c1-12(2)11-23-9-5-4-6-16(13(23)3)21-18(24)22-17-8-7-14(20)10-15(17)19;1-3-5-6-4-2/h7-8,10,16H,1,3-6,9,11,20H2,2H3,(H2,21,22,24);3-6H2,1-2H3/t16-;/m0./s1. The number of thiocarbonyl (C=S) groups is 1. The third-order valence-corrected chi connectivity index (χ3v) is 5.48. The van der Waals surface area contributed by atoms with Gasteiger partial charge in [-0.25, -0.2) is 0 Å². The lowest BCUT2D eigenvalue weighted by atomic mass is 10.1. The predicted octanol–water partition coefficient (Wildman–Crippen LogP) is 6.74. The van der Waals surface area contributed by atoms with E-state index in [1.807, 2.05) is 13.0 Å². The summed E-state index contributed by atoms with van der Waals surface area (Å²) in [4.78, 5) is 2.28. The number of benzene rings is 1. The van der Waals surface area contributed by atoms with Gasteiger partial charge in [0.25, 0.3) is 0 Å². The Morgan fingerprint density at radius 1 is 1.27 bits per heavy atom. The molecule has 1 aromatic carbocycles. The number of anilines is 2. The average molecular weight is 451 g/mol. The van der Waals surface area contributed by atoms with Crippen LogP contribution in [-0.2, 0) is 0 Å². The Kier molecular flexibility index (Phi) is 12.6. The summed E-state index contributed by atoms with van der Waals surface area (Å²) in [5.41, 5.74) is 9.26. The van der Waals surface area contributed by atoms with Gasteiger partial charge in [0.2, 0.25) is 0 Å². The molecule has 0 unspecified atom stereocenters. The molecule has 6 heteroatoms. The van der Waals surface area contributed by atoms with Crippen molar-refractivity contribution < 1.29 is 0 Å². The van der Waals surface area contributed by atoms with E-state index in [0.29, 0.717) is 15.8 Å². The maximum Gasteiger partial charge on any atom is 0.171 e. The molecule has 0 aliphatic carbocycles. The number of nitrogens with one attached hydrogen (secondary N) is 2. The van der Waals surface area contributed by atoms with Crippen LogP contribution in [0.1, 0.15) is 65.7 Å². The van der Waals surface area contributed by atoms with E-state index in [1.165, 1.54) is 25.7 Å². The number of nitrogens with two attached hydrogens (primary N) is 1. The van der Waals surface area contributed by atoms with Crippen molar-refractivity contribution in [3.05, 3.63) is 47.6 Å². The van der Waals surface area contributed by atoms with Gasteiger partial charge in [-0.2, -0.15) is 0 Å². The summed E-state index contributed by atoms with van der Waals surface area (Å²) in [5.74, 6) is 0. The number of nitrogen functional groups attached to an aromatic ring is 1. The highest BCUT2D eigenvalue weighted by Gasteiger charge is 2.22. The first-order chi connectivity index (χ1) is 14.3. The highest BCUT2D eigenvalue weighted by atomic mass is 35.5. The van der Waals surface area contributed by atoms with Crippen molar-refractivity contribution >= 4 is 40.3 Å². The summed E-state index contributed by atoms with van der Waals surface area (Å²) in [6.45, 7) is 16.6. The van der Waals surface area contributed by atoms with Crippen LogP contribution in [0.3, 0.4) is 0 Å². The third-order valence-electron chi connectivity index (χ3n) is 4.94. The maximum absolute atomic E-state index is 6.19. The monoisotopic (exact) mass is 450 g/mol. The topological polar surface area (TPSA) is 53.3 Å². The van der Waals surface area contributed by atoms with Crippen LogP contribution in [0.2, 0.25) is 5.02 Å². The zero-order valence-electron chi connectivity index (χ0n) is 18.9. The number of hydrogen-bond donors (Lipinski definition) is 3. The Morgan fingerprint density at radius 3 is 2.50 bits per heavy atom. The van der Waals surface area contributed by atoms with Crippen molar-refractivity contribution in [2.75, 3.05) is 24.1 Å². The largest absolute Gasteiger partial charge is 0.399 e. The first-order valence-corrected chi connectivity index (χ1v) is 11.8. The van der Waals surface area contributed by atoms with Gasteiger partial charge in [0.15, 0.2) is 5.11 Å². The second-order valence-electron chi connectivity index (χ2n) is 7.96. The highest BCUT2D eigenvalue weighted by Crippen LogP contribution is 2.25. The summed E-state index contributed by atoms with van der Waals surface area (Å²) in [6, 6.07) is 5.42. The molecule has 0 radical (unpaired) electrons. The quantitative estimate of drug-likeness (QED) is 0.186. The molecule has 168 valence electrons. The molecule has 1 aliphatic heterocycles. The molecule has 0 bridgehead atoms. The molecule has 4 nitrogen and oxygen atoms in total. The molecule has 4 N–H and O–H groups in total. The van der Waals surface area contributed by atoms with Crippen molar-refractivity contribution in [1.82, 2.24) is 10.2 Å². The Labute approximate surface area is 193 Å². The molecule has 0 aromatic heterocycles. The smallest absolute Gasteiger partial charge is 0.171 e. The summed E-state index contributed by atoms with van der Waals surface area (Å²) in [5, 5.41) is 7.58. The van der Waals surface area contributed by atoms with Crippen LogP contribution in [0, 0.1) is 0 Å². The normalized spacial score (nSPS) is 16.2. The van der Waals surface area contributed by atoms with Crippen LogP contribution < -0.4 is 16.4 Å².